The van der Waals surface area contributed by atoms with Gasteiger partial charge in [0.05, 0.1) is 13.7 Å². The Balaban J connectivity index is 2.91. The standard InChI is InChI=1S/C15H17NO5/c1-4-5-6-20-14(17)11(9-16)7-12-8-13(10(2)21-12)15(18)19-3/h7-8H,4-6H2,1-3H3/b11-7+. The Morgan fingerprint density at radius 1 is 1.48 bits per heavy atom. The van der Waals surface area contributed by atoms with E-state index in [4.69, 9.17) is 14.4 Å². The average molecular weight is 291 g/mol. The lowest BCUT2D eigenvalue weighted by atomic mass is 10.2. The van der Waals surface area contributed by atoms with Gasteiger partial charge in [-0.25, -0.2) is 9.59 Å². The number of furan rings is 1. The van der Waals surface area contributed by atoms with Gasteiger partial charge in [-0.15, -0.1) is 0 Å². The van der Waals surface area contributed by atoms with Crippen molar-refractivity contribution in [3.05, 3.63) is 28.7 Å². The van der Waals surface area contributed by atoms with E-state index in [1.165, 1.54) is 19.3 Å². The number of esters is 2. The fourth-order valence-electron chi connectivity index (χ4n) is 1.55. The average Bonchev–Trinajstić information content (AvgIpc) is 2.84. The maximum atomic E-state index is 11.7. The number of ether oxygens (including phenoxy) is 2. The molecule has 6 nitrogen and oxygen atoms in total. The summed E-state index contributed by atoms with van der Waals surface area (Å²) in [5, 5.41) is 8.99. The first-order chi connectivity index (χ1) is 10.0. The molecule has 0 saturated heterocycles. The summed E-state index contributed by atoms with van der Waals surface area (Å²) in [6, 6.07) is 3.17. The molecule has 0 saturated carbocycles. The molecule has 0 bridgehead atoms. The van der Waals surface area contributed by atoms with E-state index in [2.05, 4.69) is 4.74 Å². The minimum Gasteiger partial charge on any atom is -0.465 e. The molecule has 1 aromatic rings. The van der Waals surface area contributed by atoms with Crippen molar-refractivity contribution in [2.24, 2.45) is 0 Å². The summed E-state index contributed by atoms with van der Waals surface area (Å²) in [4.78, 5) is 23.1. The van der Waals surface area contributed by atoms with Gasteiger partial charge in [0.1, 0.15) is 28.7 Å². The van der Waals surface area contributed by atoms with Crippen molar-refractivity contribution in [1.82, 2.24) is 0 Å². The molecule has 0 fully saturated rings. The molecule has 6 heteroatoms. The highest BCUT2D eigenvalue weighted by Crippen LogP contribution is 2.18. The fourth-order valence-corrected chi connectivity index (χ4v) is 1.55. The summed E-state index contributed by atoms with van der Waals surface area (Å²) in [7, 11) is 1.26. The zero-order valence-electron chi connectivity index (χ0n) is 12.3. The van der Waals surface area contributed by atoms with Crippen molar-refractivity contribution in [3.63, 3.8) is 0 Å². The topological polar surface area (TPSA) is 89.5 Å². The number of carbonyl (C=O) groups is 2. The summed E-state index contributed by atoms with van der Waals surface area (Å²) in [5.74, 6) is -0.679. The first kappa shape index (κ1) is 16.5. The van der Waals surface area contributed by atoms with E-state index >= 15 is 0 Å². The molecule has 1 rings (SSSR count). The monoisotopic (exact) mass is 291 g/mol. The largest absolute Gasteiger partial charge is 0.465 e. The van der Waals surface area contributed by atoms with Crippen LogP contribution in [-0.4, -0.2) is 25.7 Å². The number of hydrogen-bond acceptors (Lipinski definition) is 6. The van der Waals surface area contributed by atoms with Crippen LogP contribution in [0.2, 0.25) is 0 Å². The van der Waals surface area contributed by atoms with Gasteiger partial charge in [0.15, 0.2) is 0 Å². The van der Waals surface area contributed by atoms with E-state index in [1.54, 1.807) is 13.0 Å². The highest BCUT2D eigenvalue weighted by molar-refractivity contribution is 5.98. The molecule has 0 aromatic carbocycles. The van der Waals surface area contributed by atoms with Crippen molar-refractivity contribution in [2.75, 3.05) is 13.7 Å². The molecule has 1 aromatic heterocycles. The van der Waals surface area contributed by atoms with Crippen LogP contribution in [0.3, 0.4) is 0 Å². The van der Waals surface area contributed by atoms with Crippen molar-refractivity contribution < 1.29 is 23.5 Å². The second-order valence-electron chi connectivity index (χ2n) is 4.27. The number of aryl methyl sites for hydroxylation is 1. The van der Waals surface area contributed by atoms with Crippen LogP contribution < -0.4 is 0 Å². The van der Waals surface area contributed by atoms with Crippen LogP contribution in [0, 0.1) is 18.3 Å². The number of unbranched alkanes of at least 4 members (excludes halogenated alkanes) is 1. The van der Waals surface area contributed by atoms with Gasteiger partial charge in [0.2, 0.25) is 0 Å². The maximum absolute atomic E-state index is 11.7. The zero-order valence-corrected chi connectivity index (χ0v) is 12.3. The maximum Gasteiger partial charge on any atom is 0.349 e. The van der Waals surface area contributed by atoms with Crippen LogP contribution >= 0.6 is 0 Å². The molecule has 21 heavy (non-hydrogen) atoms. The Morgan fingerprint density at radius 2 is 2.19 bits per heavy atom. The summed E-state index contributed by atoms with van der Waals surface area (Å²) < 4.78 is 14.9. The highest BCUT2D eigenvalue weighted by atomic mass is 16.5. The molecule has 0 aliphatic carbocycles. The Labute approximate surface area is 122 Å². The van der Waals surface area contributed by atoms with Gasteiger partial charge in [0.25, 0.3) is 0 Å². The van der Waals surface area contributed by atoms with Gasteiger partial charge in [-0.1, -0.05) is 13.3 Å². The number of methoxy groups -OCH3 is 1. The highest BCUT2D eigenvalue weighted by Gasteiger charge is 2.17. The molecular formula is C15H17NO5. The lowest BCUT2D eigenvalue weighted by molar-refractivity contribution is -0.138. The Bertz CT molecular complexity index is 592. The minimum absolute atomic E-state index is 0.184. The number of hydrogen-bond donors (Lipinski definition) is 0. The van der Waals surface area contributed by atoms with Gasteiger partial charge in [0, 0.05) is 6.08 Å². The van der Waals surface area contributed by atoms with Crippen LogP contribution in [0.5, 0.6) is 0 Å². The first-order valence-electron chi connectivity index (χ1n) is 6.51. The van der Waals surface area contributed by atoms with Gasteiger partial charge in [-0.05, 0) is 19.4 Å². The van der Waals surface area contributed by atoms with Crippen LogP contribution in [0.1, 0.15) is 41.6 Å². The third-order valence-corrected chi connectivity index (χ3v) is 2.70. The molecule has 0 unspecified atom stereocenters. The van der Waals surface area contributed by atoms with Crippen molar-refractivity contribution >= 4 is 18.0 Å². The molecule has 112 valence electrons. The summed E-state index contributed by atoms with van der Waals surface area (Å²) in [6.07, 6.45) is 2.86. The number of rotatable bonds is 6. The van der Waals surface area contributed by atoms with E-state index in [9.17, 15) is 9.59 Å². The molecular weight excluding hydrogens is 274 g/mol. The van der Waals surface area contributed by atoms with E-state index in [-0.39, 0.29) is 23.5 Å². The Morgan fingerprint density at radius 3 is 2.76 bits per heavy atom. The number of carbonyl (C=O) groups excluding carboxylic acids is 2. The van der Waals surface area contributed by atoms with E-state index < -0.39 is 11.9 Å². The predicted octanol–water partition coefficient (Wildman–Crippen LogP) is 2.62. The van der Waals surface area contributed by atoms with Gasteiger partial charge >= 0.3 is 11.9 Å². The van der Waals surface area contributed by atoms with Gasteiger partial charge in [-0.2, -0.15) is 5.26 Å². The van der Waals surface area contributed by atoms with Crippen LogP contribution in [0.15, 0.2) is 16.1 Å². The third kappa shape index (κ3) is 4.49. The smallest absolute Gasteiger partial charge is 0.349 e. The van der Waals surface area contributed by atoms with Crippen LogP contribution in [0.4, 0.5) is 0 Å². The lowest BCUT2D eigenvalue weighted by Gasteiger charge is -2.01. The second kappa shape index (κ2) is 7.90. The van der Waals surface area contributed by atoms with Crippen molar-refractivity contribution in [2.45, 2.75) is 26.7 Å². The number of nitrogens with zero attached hydrogens (tertiary/aromatic N) is 1. The summed E-state index contributed by atoms with van der Waals surface area (Å²) in [6.45, 7) is 3.82. The minimum atomic E-state index is -0.709. The van der Waals surface area contributed by atoms with Crippen LogP contribution in [0.25, 0.3) is 6.08 Å². The molecule has 0 N–H and O–H groups in total. The van der Waals surface area contributed by atoms with E-state index in [1.807, 2.05) is 6.92 Å². The SMILES string of the molecule is CCCCOC(=O)/C(C#N)=C/c1cc(C(=O)OC)c(C)o1. The normalized spacial score (nSPS) is 10.9. The Hall–Kier alpha value is -2.55. The first-order valence-corrected chi connectivity index (χ1v) is 6.51. The Kier molecular flexibility index (Phi) is 6.21. The molecule has 0 aliphatic heterocycles. The molecule has 0 aliphatic rings. The summed E-state index contributed by atoms with van der Waals surface area (Å²) in [5.41, 5.74) is 0.0664. The van der Waals surface area contributed by atoms with E-state index in [0.29, 0.717) is 5.76 Å². The van der Waals surface area contributed by atoms with Crippen molar-refractivity contribution in [3.8, 4) is 6.07 Å². The quantitative estimate of drug-likeness (QED) is 0.346. The molecule has 0 spiro atoms. The molecule has 0 atom stereocenters. The number of nitriles is 1. The van der Waals surface area contributed by atoms with Gasteiger partial charge < -0.3 is 13.9 Å². The van der Waals surface area contributed by atoms with Crippen molar-refractivity contribution in [1.29, 1.82) is 5.26 Å². The zero-order chi connectivity index (χ0) is 15.8. The second-order valence-corrected chi connectivity index (χ2v) is 4.27. The molecule has 0 amide bonds. The molecule has 1 heterocycles. The summed E-state index contributed by atoms with van der Waals surface area (Å²) >= 11 is 0. The third-order valence-electron chi connectivity index (χ3n) is 2.70. The lowest BCUT2D eigenvalue weighted by Crippen LogP contribution is -2.07. The fraction of sp³-hybridized carbons (Fsp3) is 0.400. The predicted molar refractivity (Wildman–Crippen MR) is 74.2 cm³/mol. The van der Waals surface area contributed by atoms with Gasteiger partial charge in [-0.3, -0.25) is 0 Å². The van der Waals surface area contributed by atoms with E-state index in [0.717, 1.165) is 12.8 Å². The van der Waals surface area contributed by atoms with Crippen LogP contribution in [-0.2, 0) is 14.3 Å². The molecule has 0 radical (unpaired) electrons.